The first-order valence-electron chi connectivity index (χ1n) is 6.44. The van der Waals surface area contributed by atoms with Gasteiger partial charge in [-0.3, -0.25) is 4.79 Å². The summed E-state index contributed by atoms with van der Waals surface area (Å²) in [6.07, 6.45) is 1.03. The Morgan fingerprint density at radius 3 is 2.24 bits per heavy atom. The normalized spacial score (nSPS) is 29.6. The Kier molecular flexibility index (Phi) is 3.40. The van der Waals surface area contributed by atoms with Crippen molar-refractivity contribution in [1.82, 2.24) is 4.90 Å². The maximum absolute atomic E-state index is 11.9. The van der Waals surface area contributed by atoms with Crippen LogP contribution in [-0.2, 0) is 9.53 Å². The molecule has 1 saturated carbocycles. The molecule has 1 heterocycles. The summed E-state index contributed by atoms with van der Waals surface area (Å²) in [6, 6.07) is 0. The highest BCUT2D eigenvalue weighted by molar-refractivity contribution is 5.82. The lowest BCUT2D eigenvalue weighted by atomic mass is 10.0. The molecule has 0 aromatic carbocycles. The minimum absolute atomic E-state index is 0.0513. The van der Waals surface area contributed by atoms with Gasteiger partial charge in [-0.05, 0) is 24.7 Å². The van der Waals surface area contributed by atoms with Crippen LogP contribution in [0.1, 0.15) is 33.6 Å². The molecule has 1 amide bonds. The predicted octanol–water partition coefficient (Wildman–Crippen LogP) is 2.08. The molecule has 2 aliphatic rings. The van der Waals surface area contributed by atoms with Gasteiger partial charge in [0.2, 0.25) is 0 Å². The lowest BCUT2D eigenvalue weighted by molar-refractivity contribution is -0.118. The topological polar surface area (TPSA) is 46.6 Å². The van der Waals surface area contributed by atoms with Crippen LogP contribution in [-0.4, -0.2) is 36.0 Å². The summed E-state index contributed by atoms with van der Waals surface area (Å²) in [5.41, 5.74) is 0. The van der Waals surface area contributed by atoms with E-state index < -0.39 is 0 Å². The molecule has 1 saturated heterocycles. The first kappa shape index (κ1) is 12.4. The number of rotatable bonds is 2. The highest BCUT2D eigenvalue weighted by Gasteiger charge is 2.42. The number of carbonyl (C=O) groups excluding carboxylic acids is 2. The van der Waals surface area contributed by atoms with E-state index >= 15 is 0 Å². The molecule has 2 rings (SSSR count). The van der Waals surface area contributed by atoms with Crippen molar-refractivity contribution in [2.24, 2.45) is 17.8 Å². The first-order chi connectivity index (χ1) is 7.97. The van der Waals surface area contributed by atoms with E-state index in [9.17, 15) is 9.59 Å². The summed E-state index contributed by atoms with van der Waals surface area (Å²) >= 11 is 0. The van der Waals surface area contributed by atoms with Gasteiger partial charge in [0.05, 0.1) is 0 Å². The van der Waals surface area contributed by atoms with E-state index in [-0.39, 0.29) is 12.2 Å². The first-order valence-corrected chi connectivity index (χ1v) is 6.44. The summed E-state index contributed by atoms with van der Waals surface area (Å²) in [5, 5.41) is 0. The summed E-state index contributed by atoms with van der Waals surface area (Å²) in [5.74, 6) is 1.44. The summed E-state index contributed by atoms with van der Waals surface area (Å²) in [6.45, 7) is 7.38. The lowest BCUT2D eigenvalue weighted by Crippen LogP contribution is -2.34. The Balaban J connectivity index is 1.85. The smallest absolute Gasteiger partial charge is 0.410 e. The van der Waals surface area contributed by atoms with Crippen LogP contribution in [0.15, 0.2) is 0 Å². The van der Waals surface area contributed by atoms with Crippen LogP contribution < -0.4 is 0 Å². The van der Waals surface area contributed by atoms with Crippen LogP contribution in [0.2, 0.25) is 0 Å². The van der Waals surface area contributed by atoms with Gasteiger partial charge in [-0.1, -0.05) is 13.8 Å². The minimum atomic E-state index is -0.215. The Morgan fingerprint density at radius 1 is 1.24 bits per heavy atom. The molecule has 1 aliphatic carbocycles. The van der Waals surface area contributed by atoms with E-state index in [1.165, 1.54) is 0 Å². The number of amides is 1. The Bertz CT molecular complexity index is 311. The summed E-state index contributed by atoms with van der Waals surface area (Å²) < 4.78 is 5.39. The van der Waals surface area contributed by atoms with E-state index in [1.807, 2.05) is 20.8 Å². The summed E-state index contributed by atoms with van der Waals surface area (Å²) in [4.78, 5) is 24.9. The van der Waals surface area contributed by atoms with Crippen LogP contribution >= 0.6 is 0 Å². The highest BCUT2D eigenvalue weighted by Crippen LogP contribution is 2.36. The molecule has 96 valence electrons. The summed E-state index contributed by atoms with van der Waals surface area (Å²) in [7, 11) is 0. The zero-order chi connectivity index (χ0) is 12.6. The zero-order valence-corrected chi connectivity index (χ0v) is 10.8. The molecule has 0 aromatic heterocycles. The molecule has 4 heteroatoms. The van der Waals surface area contributed by atoms with Gasteiger partial charge < -0.3 is 9.64 Å². The van der Waals surface area contributed by atoms with Gasteiger partial charge in [0.25, 0.3) is 0 Å². The van der Waals surface area contributed by atoms with Crippen molar-refractivity contribution in [3.05, 3.63) is 0 Å². The van der Waals surface area contributed by atoms with Crippen molar-refractivity contribution in [2.75, 3.05) is 13.1 Å². The Hall–Kier alpha value is -1.06. The molecule has 0 bridgehead atoms. The number of hydrogen-bond acceptors (Lipinski definition) is 3. The van der Waals surface area contributed by atoms with E-state index in [0.29, 0.717) is 49.5 Å². The van der Waals surface area contributed by atoms with Crippen molar-refractivity contribution < 1.29 is 14.3 Å². The minimum Gasteiger partial charge on any atom is -0.446 e. The van der Waals surface area contributed by atoms with Gasteiger partial charge in [-0.15, -0.1) is 0 Å². The molecule has 0 N–H and O–H groups in total. The average Bonchev–Trinajstić information content (AvgIpc) is 2.73. The van der Waals surface area contributed by atoms with Crippen LogP contribution in [0.4, 0.5) is 4.79 Å². The fourth-order valence-corrected chi connectivity index (χ4v) is 2.59. The van der Waals surface area contributed by atoms with Crippen molar-refractivity contribution in [2.45, 2.75) is 39.7 Å². The van der Waals surface area contributed by atoms with Crippen molar-refractivity contribution in [3.8, 4) is 0 Å². The fraction of sp³-hybridized carbons (Fsp3) is 0.846. The number of Topliss-reactive ketones (excluding diaryl/α,β-unsaturated/α-hetero) is 1. The molecular formula is C13H21NO3. The van der Waals surface area contributed by atoms with Crippen molar-refractivity contribution in [3.63, 3.8) is 0 Å². The number of nitrogens with zero attached hydrogens (tertiary/aromatic N) is 1. The Morgan fingerprint density at radius 2 is 1.76 bits per heavy atom. The maximum atomic E-state index is 11.9. The second-order valence-corrected chi connectivity index (χ2v) is 5.70. The third-order valence-electron chi connectivity index (χ3n) is 4.04. The number of ether oxygens (including phenoxy) is 1. The zero-order valence-electron chi connectivity index (χ0n) is 10.8. The number of fused-ring (bicyclic) bond motifs is 1. The van der Waals surface area contributed by atoms with E-state index in [4.69, 9.17) is 4.74 Å². The number of likely N-dealkylation sites (tertiary alicyclic amines) is 1. The molecule has 1 aliphatic heterocycles. The lowest BCUT2D eigenvalue weighted by Gasteiger charge is -2.22. The molecule has 0 spiro atoms. The highest BCUT2D eigenvalue weighted by atomic mass is 16.6. The monoisotopic (exact) mass is 239 g/mol. The number of ketones is 1. The van der Waals surface area contributed by atoms with Crippen LogP contribution in [0.25, 0.3) is 0 Å². The average molecular weight is 239 g/mol. The molecule has 17 heavy (non-hydrogen) atoms. The molecule has 3 unspecified atom stereocenters. The second-order valence-electron chi connectivity index (χ2n) is 5.70. The van der Waals surface area contributed by atoms with E-state index in [0.717, 1.165) is 0 Å². The molecular weight excluding hydrogens is 218 g/mol. The van der Waals surface area contributed by atoms with Gasteiger partial charge in [-0.2, -0.15) is 0 Å². The van der Waals surface area contributed by atoms with Gasteiger partial charge in [-0.25, -0.2) is 4.79 Å². The SMILES string of the molecule is CC(C)C(C)OC(=O)N1CC2CC(=O)CC2C1. The fourth-order valence-electron chi connectivity index (χ4n) is 2.59. The molecule has 0 radical (unpaired) electrons. The van der Waals surface area contributed by atoms with E-state index in [2.05, 4.69) is 0 Å². The largest absolute Gasteiger partial charge is 0.446 e. The molecule has 0 aromatic rings. The van der Waals surface area contributed by atoms with Crippen LogP contribution in [0, 0.1) is 17.8 Å². The molecule has 2 fully saturated rings. The third-order valence-corrected chi connectivity index (χ3v) is 4.04. The Labute approximate surface area is 102 Å². The van der Waals surface area contributed by atoms with Crippen molar-refractivity contribution >= 4 is 11.9 Å². The van der Waals surface area contributed by atoms with Gasteiger partial charge in [0.1, 0.15) is 11.9 Å². The van der Waals surface area contributed by atoms with Crippen LogP contribution in [0.3, 0.4) is 0 Å². The van der Waals surface area contributed by atoms with Crippen molar-refractivity contribution in [1.29, 1.82) is 0 Å². The quantitative estimate of drug-likeness (QED) is 0.741. The number of carbonyl (C=O) groups is 2. The molecule has 4 nitrogen and oxygen atoms in total. The number of hydrogen-bond donors (Lipinski definition) is 0. The molecule has 3 atom stereocenters. The second kappa shape index (κ2) is 4.67. The standard InChI is InChI=1S/C13H21NO3/c1-8(2)9(3)17-13(16)14-6-10-4-12(15)5-11(10)7-14/h8-11H,4-7H2,1-3H3. The van der Waals surface area contributed by atoms with Gasteiger partial charge in [0.15, 0.2) is 0 Å². The maximum Gasteiger partial charge on any atom is 0.410 e. The predicted molar refractivity (Wildman–Crippen MR) is 63.6 cm³/mol. The van der Waals surface area contributed by atoms with E-state index in [1.54, 1.807) is 4.90 Å². The third kappa shape index (κ3) is 2.61. The van der Waals surface area contributed by atoms with Crippen LogP contribution in [0.5, 0.6) is 0 Å². The van der Waals surface area contributed by atoms with Gasteiger partial charge >= 0.3 is 6.09 Å². The van der Waals surface area contributed by atoms with Gasteiger partial charge in [0, 0.05) is 25.9 Å².